The van der Waals surface area contributed by atoms with E-state index in [9.17, 15) is 9.59 Å². The van der Waals surface area contributed by atoms with Crippen molar-refractivity contribution in [3.63, 3.8) is 0 Å². The molecule has 1 unspecified atom stereocenters. The Balaban J connectivity index is 2.65. The van der Waals surface area contributed by atoms with Crippen molar-refractivity contribution in [2.75, 3.05) is 6.54 Å². The second-order valence-corrected chi connectivity index (χ2v) is 2.20. The van der Waals surface area contributed by atoms with Gasteiger partial charge in [-0.15, -0.1) is 0 Å². The average Bonchev–Trinajstić information content (AvgIpc) is 2.32. The lowest BCUT2D eigenvalue weighted by atomic mass is 10.2. The smallest absolute Gasteiger partial charge is 0.422 e. The summed E-state index contributed by atoms with van der Waals surface area (Å²) < 4.78 is 0. The van der Waals surface area contributed by atoms with Gasteiger partial charge >= 0.3 is 12.1 Å². The monoisotopic (exact) mass is 160 g/mol. The molecule has 0 bridgehead atoms. The molecule has 1 aliphatic heterocycles. The van der Waals surface area contributed by atoms with Crippen LogP contribution in [0.5, 0.6) is 0 Å². The van der Waals surface area contributed by atoms with Crippen molar-refractivity contribution in [2.45, 2.75) is 12.5 Å². The van der Waals surface area contributed by atoms with Gasteiger partial charge in [0, 0.05) is 6.54 Å². The lowest BCUT2D eigenvalue weighted by Crippen LogP contribution is -2.45. The normalized spacial score (nSPS) is 23.6. The number of hydrogen-bond donors (Lipinski definition) is 3. The summed E-state index contributed by atoms with van der Waals surface area (Å²) in [6.07, 6.45) is -0.934. The van der Waals surface area contributed by atoms with E-state index in [2.05, 4.69) is 5.43 Å². The number of amides is 1. The van der Waals surface area contributed by atoms with Gasteiger partial charge in [0.05, 0.1) is 0 Å². The summed E-state index contributed by atoms with van der Waals surface area (Å²) >= 11 is 0. The zero-order chi connectivity index (χ0) is 8.43. The van der Waals surface area contributed by atoms with Crippen molar-refractivity contribution in [2.24, 2.45) is 0 Å². The minimum Gasteiger partial charge on any atom is -0.480 e. The molecule has 1 amide bonds. The first-order valence-corrected chi connectivity index (χ1v) is 3.11. The minimum atomic E-state index is -1.25. The Morgan fingerprint density at radius 1 is 1.45 bits per heavy atom. The van der Waals surface area contributed by atoms with Crippen molar-refractivity contribution in [1.29, 1.82) is 0 Å². The maximum atomic E-state index is 10.4. The third-order valence-electron chi connectivity index (χ3n) is 1.50. The van der Waals surface area contributed by atoms with Crippen molar-refractivity contribution in [3.05, 3.63) is 0 Å². The van der Waals surface area contributed by atoms with E-state index in [-0.39, 0.29) is 0 Å². The fourth-order valence-electron chi connectivity index (χ4n) is 0.996. The molecule has 6 heteroatoms. The highest BCUT2D eigenvalue weighted by atomic mass is 16.4. The van der Waals surface area contributed by atoms with Crippen molar-refractivity contribution in [3.8, 4) is 0 Å². The number of carboxylic acids is 1. The van der Waals surface area contributed by atoms with E-state index < -0.39 is 18.1 Å². The number of nitrogens with zero attached hydrogens (tertiary/aromatic N) is 1. The van der Waals surface area contributed by atoms with Gasteiger partial charge < -0.3 is 10.2 Å². The lowest BCUT2D eigenvalue weighted by molar-refractivity contribution is -0.142. The van der Waals surface area contributed by atoms with Crippen LogP contribution in [0.2, 0.25) is 0 Å². The summed E-state index contributed by atoms with van der Waals surface area (Å²) in [5.41, 5.74) is 2.44. The summed E-state index contributed by atoms with van der Waals surface area (Å²) in [6, 6.07) is -0.938. The molecule has 1 rings (SSSR count). The molecule has 0 aliphatic carbocycles. The second kappa shape index (κ2) is 2.75. The molecule has 1 fully saturated rings. The number of hydrogen-bond acceptors (Lipinski definition) is 3. The van der Waals surface area contributed by atoms with Gasteiger partial charge in [-0.25, -0.2) is 20.0 Å². The molecule has 1 atom stereocenters. The fourth-order valence-corrected chi connectivity index (χ4v) is 0.996. The third kappa shape index (κ3) is 1.40. The van der Waals surface area contributed by atoms with Crippen molar-refractivity contribution >= 4 is 12.1 Å². The van der Waals surface area contributed by atoms with E-state index in [0.29, 0.717) is 18.0 Å². The summed E-state index contributed by atoms with van der Waals surface area (Å²) in [5, 5.41) is 17.6. The number of nitrogens with one attached hydrogen (secondary N) is 1. The number of hydrazine groups is 1. The van der Waals surface area contributed by atoms with Gasteiger partial charge in [-0.2, -0.15) is 0 Å². The predicted molar refractivity (Wildman–Crippen MR) is 33.9 cm³/mol. The molecule has 0 aromatic carbocycles. The van der Waals surface area contributed by atoms with E-state index in [0.717, 1.165) is 0 Å². The summed E-state index contributed by atoms with van der Waals surface area (Å²) in [4.78, 5) is 20.7. The zero-order valence-electron chi connectivity index (χ0n) is 5.65. The predicted octanol–water partition coefficient (Wildman–Crippen LogP) is -0.672. The first-order valence-electron chi connectivity index (χ1n) is 3.11. The SMILES string of the molecule is O=C(O)C1CCNN1C(=O)O. The van der Waals surface area contributed by atoms with Crippen LogP contribution in [0.3, 0.4) is 0 Å². The van der Waals surface area contributed by atoms with Gasteiger partial charge in [-0.1, -0.05) is 0 Å². The molecule has 1 aliphatic rings. The molecule has 1 heterocycles. The fraction of sp³-hybridized carbons (Fsp3) is 0.600. The van der Waals surface area contributed by atoms with Gasteiger partial charge in [0.15, 0.2) is 6.04 Å². The van der Waals surface area contributed by atoms with Crippen LogP contribution in [0.15, 0.2) is 0 Å². The van der Waals surface area contributed by atoms with Gasteiger partial charge in [0.25, 0.3) is 0 Å². The van der Waals surface area contributed by atoms with Crippen LogP contribution in [0.1, 0.15) is 6.42 Å². The first-order chi connectivity index (χ1) is 5.13. The summed E-state index contributed by atoms with van der Waals surface area (Å²) in [5.74, 6) is -1.11. The Labute approximate surface area is 62.4 Å². The molecule has 3 N–H and O–H groups in total. The number of rotatable bonds is 1. The van der Waals surface area contributed by atoms with E-state index in [1.54, 1.807) is 0 Å². The van der Waals surface area contributed by atoms with Gasteiger partial charge in [0.2, 0.25) is 0 Å². The molecular weight excluding hydrogens is 152 g/mol. The maximum absolute atomic E-state index is 10.4. The highest BCUT2D eigenvalue weighted by molar-refractivity contribution is 5.79. The van der Waals surface area contributed by atoms with Gasteiger partial charge in [0.1, 0.15) is 0 Å². The standard InChI is InChI=1S/C5H8N2O4/c8-4(9)3-1-2-6-7(3)5(10)11/h3,6H,1-2H2,(H,8,9)(H,10,11). The van der Waals surface area contributed by atoms with E-state index in [1.165, 1.54) is 0 Å². The van der Waals surface area contributed by atoms with Crippen LogP contribution in [-0.2, 0) is 4.79 Å². The van der Waals surface area contributed by atoms with Crippen LogP contribution >= 0.6 is 0 Å². The van der Waals surface area contributed by atoms with Gasteiger partial charge in [-0.3, -0.25) is 0 Å². The summed E-state index contributed by atoms with van der Waals surface area (Å²) in [7, 11) is 0. The second-order valence-electron chi connectivity index (χ2n) is 2.20. The Morgan fingerprint density at radius 2 is 2.09 bits per heavy atom. The average molecular weight is 160 g/mol. The van der Waals surface area contributed by atoms with Crippen molar-refractivity contribution < 1.29 is 19.8 Å². The summed E-state index contributed by atoms with van der Waals surface area (Å²) in [6.45, 7) is 0.392. The van der Waals surface area contributed by atoms with E-state index in [4.69, 9.17) is 10.2 Å². The van der Waals surface area contributed by atoms with Crippen LogP contribution < -0.4 is 5.43 Å². The molecular formula is C5H8N2O4. The van der Waals surface area contributed by atoms with Crippen LogP contribution in [0, 0.1) is 0 Å². The van der Waals surface area contributed by atoms with E-state index in [1.807, 2.05) is 0 Å². The molecule has 6 nitrogen and oxygen atoms in total. The van der Waals surface area contributed by atoms with Crippen LogP contribution in [0.25, 0.3) is 0 Å². The molecule has 62 valence electrons. The van der Waals surface area contributed by atoms with E-state index >= 15 is 0 Å². The number of carbonyl (C=O) groups is 2. The lowest BCUT2D eigenvalue weighted by Gasteiger charge is -2.16. The Hall–Kier alpha value is -1.30. The Morgan fingerprint density at radius 3 is 2.45 bits per heavy atom. The number of carboxylic acid groups (broad SMARTS) is 2. The molecule has 0 spiro atoms. The highest BCUT2D eigenvalue weighted by Crippen LogP contribution is 2.08. The first kappa shape index (κ1) is 7.80. The third-order valence-corrected chi connectivity index (χ3v) is 1.50. The Bertz CT molecular complexity index is 173. The molecule has 1 saturated heterocycles. The molecule has 0 radical (unpaired) electrons. The van der Waals surface area contributed by atoms with Crippen molar-refractivity contribution in [1.82, 2.24) is 10.4 Å². The zero-order valence-corrected chi connectivity index (χ0v) is 5.65. The molecule has 0 saturated carbocycles. The van der Waals surface area contributed by atoms with Gasteiger partial charge in [-0.05, 0) is 6.42 Å². The van der Waals surface area contributed by atoms with Crippen LogP contribution in [0.4, 0.5) is 4.79 Å². The number of aliphatic carboxylic acids is 1. The van der Waals surface area contributed by atoms with Crippen LogP contribution in [-0.4, -0.2) is 39.9 Å². The Kier molecular flexibility index (Phi) is 1.95. The highest BCUT2D eigenvalue weighted by Gasteiger charge is 2.33. The molecule has 11 heavy (non-hydrogen) atoms. The minimum absolute atomic E-state index is 0.321. The largest absolute Gasteiger partial charge is 0.480 e. The topological polar surface area (TPSA) is 89.9 Å². The molecule has 0 aromatic heterocycles. The molecule has 0 aromatic rings. The quantitative estimate of drug-likeness (QED) is 0.473. The maximum Gasteiger partial charge on any atom is 0.422 e.